The number of rotatable bonds is 7. The van der Waals surface area contributed by atoms with Crippen LogP contribution in [0.2, 0.25) is 5.02 Å². The zero-order valence-electron chi connectivity index (χ0n) is 13.5. The second kappa shape index (κ2) is 8.40. The van der Waals surface area contributed by atoms with Crippen LogP contribution in [0.1, 0.15) is 21.7 Å². The van der Waals surface area contributed by atoms with E-state index >= 15 is 0 Å². The first-order valence-electron chi connectivity index (χ1n) is 7.45. The van der Waals surface area contributed by atoms with Gasteiger partial charge in [0.05, 0.1) is 6.26 Å². The fourth-order valence-electron chi connectivity index (χ4n) is 2.06. The van der Waals surface area contributed by atoms with Gasteiger partial charge in [0.2, 0.25) is 0 Å². The Morgan fingerprint density at radius 3 is 2.46 bits per heavy atom. The van der Waals surface area contributed by atoms with Crippen LogP contribution in [0.3, 0.4) is 0 Å². The lowest BCUT2D eigenvalue weighted by Crippen LogP contribution is -2.36. The molecule has 1 heterocycles. The van der Waals surface area contributed by atoms with Crippen molar-refractivity contribution in [3.63, 3.8) is 0 Å². The summed E-state index contributed by atoms with van der Waals surface area (Å²) in [6.07, 6.45) is 1.42. The fraction of sp³-hybridized carbons (Fsp3) is 0.294. The van der Waals surface area contributed by atoms with Crippen molar-refractivity contribution >= 4 is 23.4 Å². The van der Waals surface area contributed by atoms with Crippen LogP contribution in [0.25, 0.3) is 0 Å². The van der Waals surface area contributed by atoms with E-state index in [4.69, 9.17) is 20.8 Å². The van der Waals surface area contributed by atoms with Crippen molar-refractivity contribution in [1.29, 1.82) is 0 Å². The third-order valence-corrected chi connectivity index (χ3v) is 3.85. The molecule has 0 bridgehead atoms. The molecular formula is C17H19ClN2O4. The molecule has 2 amide bonds. The molecular weight excluding hydrogens is 332 g/mol. The number of halogens is 1. The van der Waals surface area contributed by atoms with Gasteiger partial charge >= 0.3 is 0 Å². The average molecular weight is 351 g/mol. The van der Waals surface area contributed by atoms with Crippen LogP contribution in [-0.4, -0.2) is 31.5 Å². The van der Waals surface area contributed by atoms with Gasteiger partial charge in [0.25, 0.3) is 11.8 Å². The first-order chi connectivity index (χ1) is 11.5. The summed E-state index contributed by atoms with van der Waals surface area (Å²) in [4.78, 5) is 23.3. The number of furan rings is 1. The van der Waals surface area contributed by atoms with Crippen molar-refractivity contribution in [1.82, 2.24) is 10.6 Å². The van der Waals surface area contributed by atoms with E-state index in [9.17, 15) is 9.59 Å². The molecule has 128 valence electrons. The minimum Gasteiger partial charge on any atom is -0.484 e. The van der Waals surface area contributed by atoms with Gasteiger partial charge in [-0.1, -0.05) is 11.6 Å². The Hall–Kier alpha value is -2.47. The van der Waals surface area contributed by atoms with Gasteiger partial charge in [0.1, 0.15) is 5.75 Å². The highest BCUT2D eigenvalue weighted by Gasteiger charge is 2.08. The Morgan fingerprint density at radius 1 is 1.17 bits per heavy atom. The summed E-state index contributed by atoms with van der Waals surface area (Å²) >= 11 is 6.08. The molecule has 24 heavy (non-hydrogen) atoms. The standard InChI is InChI=1S/C17H19ClN2O4/c1-11-8-13(9-12(2)16(11)18)24-10-15(21)19-5-6-20-17(22)14-4-3-7-23-14/h3-4,7-9H,5-6,10H2,1-2H3,(H,19,21)(H,20,22). The Labute approximate surface area is 145 Å². The molecule has 2 aromatic rings. The van der Waals surface area contributed by atoms with Crippen LogP contribution in [-0.2, 0) is 4.79 Å². The number of hydrogen-bond acceptors (Lipinski definition) is 4. The van der Waals surface area contributed by atoms with E-state index in [-0.39, 0.29) is 24.2 Å². The van der Waals surface area contributed by atoms with Crippen LogP contribution in [0, 0.1) is 13.8 Å². The zero-order chi connectivity index (χ0) is 17.5. The lowest BCUT2D eigenvalue weighted by Gasteiger charge is -2.10. The van der Waals surface area contributed by atoms with Crippen molar-refractivity contribution in [2.24, 2.45) is 0 Å². The highest BCUT2D eigenvalue weighted by molar-refractivity contribution is 6.32. The summed E-state index contributed by atoms with van der Waals surface area (Å²) in [7, 11) is 0. The number of carbonyl (C=O) groups is 2. The maximum Gasteiger partial charge on any atom is 0.287 e. The van der Waals surface area contributed by atoms with Gasteiger partial charge in [0, 0.05) is 18.1 Å². The topological polar surface area (TPSA) is 80.6 Å². The molecule has 2 N–H and O–H groups in total. The highest BCUT2D eigenvalue weighted by atomic mass is 35.5. The number of ether oxygens (including phenoxy) is 1. The van der Waals surface area contributed by atoms with Crippen molar-refractivity contribution in [3.8, 4) is 5.75 Å². The van der Waals surface area contributed by atoms with Crippen LogP contribution in [0.4, 0.5) is 0 Å². The average Bonchev–Trinajstić information content (AvgIpc) is 3.09. The van der Waals surface area contributed by atoms with E-state index in [0.29, 0.717) is 23.9 Å². The quantitative estimate of drug-likeness (QED) is 0.752. The lowest BCUT2D eigenvalue weighted by molar-refractivity contribution is -0.123. The smallest absolute Gasteiger partial charge is 0.287 e. The number of hydrogen-bond donors (Lipinski definition) is 2. The molecule has 0 aliphatic heterocycles. The summed E-state index contributed by atoms with van der Waals surface area (Å²) in [6.45, 7) is 4.25. The number of amides is 2. The largest absolute Gasteiger partial charge is 0.484 e. The second-order valence-corrected chi connectivity index (χ2v) is 5.62. The predicted octanol–water partition coefficient (Wildman–Crippen LogP) is 2.47. The Kier molecular flexibility index (Phi) is 6.26. The Balaban J connectivity index is 1.67. The van der Waals surface area contributed by atoms with Crippen molar-refractivity contribution in [2.45, 2.75) is 13.8 Å². The van der Waals surface area contributed by atoms with Gasteiger partial charge in [-0.2, -0.15) is 0 Å². The number of aryl methyl sites for hydroxylation is 2. The van der Waals surface area contributed by atoms with E-state index in [1.807, 2.05) is 13.8 Å². The number of benzene rings is 1. The third-order valence-electron chi connectivity index (χ3n) is 3.26. The second-order valence-electron chi connectivity index (χ2n) is 5.24. The summed E-state index contributed by atoms with van der Waals surface area (Å²) in [5.74, 6) is 0.235. The zero-order valence-corrected chi connectivity index (χ0v) is 14.3. The first kappa shape index (κ1) is 17.9. The SMILES string of the molecule is Cc1cc(OCC(=O)NCCNC(=O)c2ccco2)cc(C)c1Cl. The van der Waals surface area contributed by atoms with E-state index < -0.39 is 0 Å². The fourth-order valence-corrected chi connectivity index (χ4v) is 2.17. The summed E-state index contributed by atoms with van der Waals surface area (Å²) < 4.78 is 10.4. The summed E-state index contributed by atoms with van der Waals surface area (Å²) in [6, 6.07) is 6.77. The number of nitrogens with one attached hydrogen (secondary N) is 2. The van der Waals surface area contributed by atoms with Gasteiger partial charge in [-0.15, -0.1) is 0 Å². The molecule has 7 heteroatoms. The van der Waals surface area contributed by atoms with Crippen molar-refractivity contribution < 1.29 is 18.7 Å². The monoisotopic (exact) mass is 350 g/mol. The minimum absolute atomic E-state index is 0.105. The molecule has 0 spiro atoms. The molecule has 1 aromatic carbocycles. The van der Waals surface area contributed by atoms with Gasteiger partial charge in [-0.05, 0) is 49.2 Å². The van der Waals surface area contributed by atoms with E-state index in [1.165, 1.54) is 6.26 Å². The highest BCUT2D eigenvalue weighted by Crippen LogP contribution is 2.25. The van der Waals surface area contributed by atoms with Crippen molar-refractivity contribution in [3.05, 3.63) is 52.4 Å². The molecule has 0 radical (unpaired) electrons. The maximum absolute atomic E-state index is 11.7. The molecule has 6 nitrogen and oxygen atoms in total. The molecule has 0 aliphatic rings. The van der Waals surface area contributed by atoms with Gasteiger partial charge in [0.15, 0.2) is 12.4 Å². The molecule has 0 aliphatic carbocycles. The summed E-state index contributed by atoms with van der Waals surface area (Å²) in [5.41, 5.74) is 1.79. The molecule has 0 fully saturated rings. The van der Waals surface area contributed by atoms with E-state index in [0.717, 1.165) is 11.1 Å². The molecule has 2 rings (SSSR count). The molecule has 0 saturated heterocycles. The van der Waals surface area contributed by atoms with Gasteiger partial charge in [-0.25, -0.2) is 0 Å². The maximum atomic E-state index is 11.7. The van der Waals surface area contributed by atoms with Gasteiger partial charge in [-0.3, -0.25) is 9.59 Å². The van der Waals surface area contributed by atoms with Gasteiger partial charge < -0.3 is 19.8 Å². The first-order valence-corrected chi connectivity index (χ1v) is 7.83. The normalized spacial score (nSPS) is 10.3. The minimum atomic E-state index is -0.322. The number of carbonyl (C=O) groups excluding carboxylic acids is 2. The predicted molar refractivity (Wildman–Crippen MR) is 90.5 cm³/mol. The van der Waals surface area contributed by atoms with Crippen LogP contribution in [0.5, 0.6) is 5.75 Å². The third kappa shape index (κ3) is 5.03. The van der Waals surface area contributed by atoms with E-state index in [1.54, 1.807) is 24.3 Å². The van der Waals surface area contributed by atoms with Crippen LogP contribution in [0.15, 0.2) is 34.9 Å². The van der Waals surface area contributed by atoms with Crippen LogP contribution >= 0.6 is 11.6 Å². The van der Waals surface area contributed by atoms with Crippen molar-refractivity contribution in [2.75, 3.05) is 19.7 Å². The molecule has 0 saturated carbocycles. The summed E-state index contributed by atoms with van der Waals surface area (Å²) in [5, 5.41) is 5.98. The molecule has 1 aromatic heterocycles. The molecule has 0 atom stereocenters. The Bertz CT molecular complexity index is 690. The van der Waals surface area contributed by atoms with Crippen LogP contribution < -0.4 is 15.4 Å². The van der Waals surface area contributed by atoms with E-state index in [2.05, 4.69) is 10.6 Å². The lowest BCUT2D eigenvalue weighted by atomic mass is 10.1. The Morgan fingerprint density at radius 2 is 1.83 bits per heavy atom. The molecule has 0 unspecified atom stereocenters.